The van der Waals surface area contributed by atoms with Gasteiger partial charge in [0.15, 0.2) is 5.69 Å². The number of anilines is 1. The molecule has 0 atom stereocenters. The van der Waals surface area contributed by atoms with Gasteiger partial charge in [0.05, 0.1) is 12.4 Å². The van der Waals surface area contributed by atoms with Crippen LogP contribution in [0.25, 0.3) is 0 Å². The number of aromatic carboxylic acids is 1. The number of hydrogen-bond donors (Lipinski definition) is 2. The molecule has 94 valence electrons. The summed E-state index contributed by atoms with van der Waals surface area (Å²) >= 11 is 0. The molecule has 0 saturated heterocycles. The van der Waals surface area contributed by atoms with Crippen molar-refractivity contribution in [2.45, 2.75) is 26.3 Å². The second-order valence-corrected chi connectivity index (χ2v) is 3.93. The molecular weight excluding hydrogens is 222 g/mol. The molecule has 1 aromatic heterocycles. The Morgan fingerprint density at radius 3 is 2.71 bits per heavy atom. The summed E-state index contributed by atoms with van der Waals surface area (Å²) in [6, 6.07) is 0.167. The quantitative estimate of drug-likeness (QED) is 0.762. The van der Waals surface area contributed by atoms with Crippen molar-refractivity contribution >= 4 is 11.8 Å². The summed E-state index contributed by atoms with van der Waals surface area (Å²) in [5.41, 5.74) is -0.0721. The second-order valence-electron chi connectivity index (χ2n) is 3.93. The molecule has 0 aliphatic heterocycles. The SMILES string of the molecule is CC(C)N(CCCO)c1cncc(C(=O)O)n1. The zero-order chi connectivity index (χ0) is 12.8. The van der Waals surface area contributed by atoms with Gasteiger partial charge in [-0.2, -0.15) is 0 Å². The number of aliphatic hydroxyl groups is 1. The van der Waals surface area contributed by atoms with Crippen LogP contribution in [0.2, 0.25) is 0 Å². The number of carboxylic acid groups (broad SMARTS) is 1. The highest BCUT2D eigenvalue weighted by Gasteiger charge is 2.14. The van der Waals surface area contributed by atoms with E-state index < -0.39 is 5.97 Å². The fraction of sp³-hybridized carbons (Fsp3) is 0.545. The maximum absolute atomic E-state index is 10.8. The molecule has 0 amide bonds. The van der Waals surface area contributed by atoms with Crippen LogP contribution >= 0.6 is 0 Å². The highest BCUT2D eigenvalue weighted by atomic mass is 16.4. The lowest BCUT2D eigenvalue weighted by Crippen LogP contribution is -2.33. The lowest BCUT2D eigenvalue weighted by Gasteiger charge is -2.27. The number of rotatable bonds is 6. The molecule has 6 heteroatoms. The minimum atomic E-state index is -1.09. The minimum absolute atomic E-state index is 0.0721. The van der Waals surface area contributed by atoms with Gasteiger partial charge in [-0.1, -0.05) is 0 Å². The predicted molar refractivity (Wildman–Crippen MR) is 63.2 cm³/mol. The van der Waals surface area contributed by atoms with Crippen molar-refractivity contribution < 1.29 is 15.0 Å². The van der Waals surface area contributed by atoms with Gasteiger partial charge in [0.2, 0.25) is 0 Å². The van der Waals surface area contributed by atoms with E-state index in [4.69, 9.17) is 10.2 Å². The van der Waals surface area contributed by atoms with Crippen molar-refractivity contribution in [3.63, 3.8) is 0 Å². The van der Waals surface area contributed by atoms with E-state index in [1.807, 2.05) is 18.7 Å². The Hall–Kier alpha value is -1.69. The van der Waals surface area contributed by atoms with E-state index in [9.17, 15) is 4.79 Å². The summed E-state index contributed by atoms with van der Waals surface area (Å²) in [5.74, 6) is -0.571. The zero-order valence-electron chi connectivity index (χ0n) is 10.00. The van der Waals surface area contributed by atoms with Crippen molar-refractivity contribution in [2.24, 2.45) is 0 Å². The summed E-state index contributed by atoms with van der Waals surface area (Å²) in [4.78, 5) is 20.6. The predicted octanol–water partition coefficient (Wildman–Crippen LogP) is 0.772. The van der Waals surface area contributed by atoms with E-state index in [1.165, 1.54) is 12.4 Å². The smallest absolute Gasteiger partial charge is 0.356 e. The number of carbonyl (C=O) groups is 1. The Balaban J connectivity index is 2.93. The van der Waals surface area contributed by atoms with Crippen LogP contribution in [-0.2, 0) is 0 Å². The Morgan fingerprint density at radius 2 is 2.18 bits per heavy atom. The lowest BCUT2D eigenvalue weighted by molar-refractivity contribution is 0.0690. The summed E-state index contributed by atoms with van der Waals surface area (Å²) in [5, 5.41) is 17.7. The normalized spacial score (nSPS) is 10.6. The third-order valence-electron chi connectivity index (χ3n) is 2.32. The molecule has 1 aromatic rings. The number of hydrogen-bond acceptors (Lipinski definition) is 5. The number of aromatic nitrogens is 2. The van der Waals surface area contributed by atoms with Crippen molar-refractivity contribution in [3.8, 4) is 0 Å². The highest BCUT2D eigenvalue weighted by molar-refractivity contribution is 5.85. The van der Waals surface area contributed by atoms with Crippen LogP contribution in [0.5, 0.6) is 0 Å². The minimum Gasteiger partial charge on any atom is -0.476 e. The molecule has 1 heterocycles. The fourth-order valence-corrected chi connectivity index (χ4v) is 1.48. The van der Waals surface area contributed by atoms with E-state index in [0.717, 1.165) is 0 Å². The summed E-state index contributed by atoms with van der Waals surface area (Å²) in [7, 11) is 0. The van der Waals surface area contributed by atoms with Crippen LogP contribution in [-0.4, -0.2) is 45.3 Å². The number of carboxylic acids is 1. The monoisotopic (exact) mass is 239 g/mol. The molecular formula is C11H17N3O3. The van der Waals surface area contributed by atoms with E-state index >= 15 is 0 Å². The molecule has 0 aliphatic rings. The zero-order valence-corrected chi connectivity index (χ0v) is 10.00. The topological polar surface area (TPSA) is 86.5 Å². The van der Waals surface area contributed by atoms with Gasteiger partial charge >= 0.3 is 5.97 Å². The first-order valence-electron chi connectivity index (χ1n) is 5.49. The molecule has 0 spiro atoms. The van der Waals surface area contributed by atoms with Gasteiger partial charge in [-0.15, -0.1) is 0 Å². The van der Waals surface area contributed by atoms with E-state index in [2.05, 4.69) is 9.97 Å². The molecule has 0 unspecified atom stereocenters. The first-order valence-corrected chi connectivity index (χ1v) is 5.49. The Bertz CT molecular complexity index is 382. The first kappa shape index (κ1) is 13.4. The molecule has 0 fully saturated rings. The van der Waals surface area contributed by atoms with Crippen LogP contribution in [0.3, 0.4) is 0 Å². The van der Waals surface area contributed by atoms with E-state index in [-0.39, 0.29) is 18.3 Å². The molecule has 0 radical (unpaired) electrons. The molecule has 0 bridgehead atoms. The van der Waals surface area contributed by atoms with Crippen molar-refractivity contribution in [1.82, 2.24) is 9.97 Å². The first-order chi connectivity index (χ1) is 8.06. The standard InChI is InChI=1S/C11H17N3O3/c1-8(2)14(4-3-5-15)10-7-12-6-9(13-10)11(16)17/h6-8,15H,3-5H2,1-2H3,(H,16,17). The summed E-state index contributed by atoms with van der Waals surface area (Å²) < 4.78 is 0. The van der Waals surface area contributed by atoms with Crippen LogP contribution in [0.1, 0.15) is 30.8 Å². The average Bonchev–Trinajstić information content (AvgIpc) is 2.29. The Morgan fingerprint density at radius 1 is 1.47 bits per heavy atom. The highest BCUT2D eigenvalue weighted by Crippen LogP contribution is 2.13. The Kier molecular flexibility index (Phi) is 4.84. The Labute approximate surface area is 99.9 Å². The van der Waals surface area contributed by atoms with Gasteiger partial charge in [-0.3, -0.25) is 4.98 Å². The van der Waals surface area contributed by atoms with Crippen LogP contribution in [0.15, 0.2) is 12.4 Å². The van der Waals surface area contributed by atoms with Gasteiger partial charge in [-0.05, 0) is 20.3 Å². The third-order valence-corrected chi connectivity index (χ3v) is 2.32. The average molecular weight is 239 g/mol. The molecule has 17 heavy (non-hydrogen) atoms. The number of nitrogens with zero attached hydrogens (tertiary/aromatic N) is 3. The third kappa shape index (κ3) is 3.67. The molecule has 0 aromatic carbocycles. The van der Waals surface area contributed by atoms with Crippen LogP contribution in [0, 0.1) is 0 Å². The van der Waals surface area contributed by atoms with Gasteiger partial charge < -0.3 is 15.1 Å². The van der Waals surface area contributed by atoms with Crippen molar-refractivity contribution in [2.75, 3.05) is 18.1 Å². The molecule has 0 aliphatic carbocycles. The molecule has 1 rings (SSSR count). The van der Waals surface area contributed by atoms with Gasteiger partial charge in [0, 0.05) is 19.2 Å². The van der Waals surface area contributed by atoms with Gasteiger partial charge in [-0.25, -0.2) is 9.78 Å². The van der Waals surface area contributed by atoms with E-state index in [1.54, 1.807) is 0 Å². The summed E-state index contributed by atoms with van der Waals surface area (Å²) in [6.45, 7) is 4.67. The van der Waals surface area contributed by atoms with Gasteiger partial charge in [0.25, 0.3) is 0 Å². The second kappa shape index (κ2) is 6.15. The molecule has 2 N–H and O–H groups in total. The van der Waals surface area contributed by atoms with Crippen LogP contribution < -0.4 is 4.90 Å². The molecule has 0 saturated carbocycles. The number of aliphatic hydroxyl groups excluding tert-OH is 1. The van der Waals surface area contributed by atoms with Crippen LogP contribution in [0.4, 0.5) is 5.82 Å². The lowest BCUT2D eigenvalue weighted by atomic mass is 10.3. The largest absolute Gasteiger partial charge is 0.476 e. The maximum atomic E-state index is 10.8. The summed E-state index contributed by atoms with van der Waals surface area (Å²) in [6.07, 6.45) is 3.36. The maximum Gasteiger partial charge on any atom is 0.356 e. The van der Waals surface area contributed by atoms with Crippen molar-refractivity contribution in [3.05, 3.63) is 18.1 Å². The van der Waals surface area contributed by atoms with Crippen molar-refractivity contribution in [1.29, 1.82) is 0 Å². The van der Waals surface area contributed by atoms with E-state index in [0.29, 0.717) is 18.8 Å². The molecule has 6 nitrogen and oxygen atoms in total. The van der Waals surface area contributed by atoms with Gasteiger partial charge in [0.1, 0.15) is 5.82 Å². The fourth-order valence-electron chi connectivity index (χ4n) is 1.48.